The Bertz CT molecular complexity index is 493. The first kappa shape index (κ1) is 14.4. The second kappa shape index (κ2) is 6.00. The smallest absolute Gasteiger partial charge is 0.305 e. The number of carboxylic acids is 1. The Labute approximate surface area is 116 Å². The molecule has 1 saturated carbocycles. The van der Waals surface area contributed by atoms with Crippen molar-refractivity contribution in [3.63, 3.8) is 0 Å². The van der Waals surface area contributed by atoms with Crippen LogP contribution in [0.2, 0.25) is 0 Å². The Hall–Kier alpha value is -1.96. The van der Waals surface area contributed by atoms with Crippen molar-refractivity contribution in [2.75, 3.05) is 6.54 Å². The van der Waals surface area contributed by atoms with Gasteiger partial charge in [-0.05, 0) is 12.8 Å². The van der Waals surface area contributed by atoms with Crippen LogP contribution in [0.15, 0.2) is 6.20 Å². The largest absolute Gasteiger partial charge is 0.481 e. The zero-order valence-corrected chi connectivity index (χ0v) is 11.2. The van der Waals surface area contributed by atoms with Gasteiger partial charge in [0.2, 0.25) is 0 Å². The summed E-state index contributed by atoms with van der Waals surface area (Å²) in [5.74, 6) is -1.28. The van der Waals surface area contributed by atoms with Gasteiger partial charge in [-0.3, -0.25) is 14.3 Å². The van der Waals surface area contributed by atoms with Crippen LogP contribution in [0.25, 0.3) is 0 Å². The molecule has 1 aliphatic rings. The van der Waals surface area contributed by atoms with E-state index in [1.165, 1.54) is 10.9 Å². The topological polar surface area (TPSA) is 123 Å². The van der Waals surface area contributed by atoms with Gasteiger partial charge in [-0.1, -0.05) is 18.1 Å². The fourth-order valence-corrected chi connectivity index (χ4v) is 2.64. The van der Waals surface area contributed by atoms with Crippen molar-refractivity contribution < 1.29 is 14.7 Å². The van der Waals surface area contributed by atoms with Crippen molar-refractivity contribution in [2.24, 2.45) is 5.73 Å². The van der Waals surface area contributed by atoms with Gasteiger partial charge in [-0.25, -0.2) is 0 Å². The van der Waals surface area contributed by atoms with Gasteiger partial charge in [0.25, 0.3) is 5.91 Å². The maximum Gasteiger partial charge on any atom is 0.305 e. The van der Waals surface area contributed by atoms with Gasteiger partial charge >= 0.3 is 5.97 Å². The van der Waals surface area contributed by atoms with E-state index in [2.05, 4.69) is 15.6 Å². The van der Waals surface area contributed by atoms with Crippen LogP contribution in [0, 0.1) is 0 Å². The summed E-state index contributed by atoms with van der Waals surface area (Å²) in [7, 11) is 0. The standard InChI is InChI=1S/C12H19N5O3/c13-5-6-17-8-9(15-16-17)11(20)14-12(7-10(18)19)3-1-2-4-12/h8H,1-7,13H2,(H,14,20)(H,18,19). The maximum absolute atomic E-state index is 12.2. The lowest BCUT2D eigenvalue weighted by Crippen LogP contribution is -2.47. The van der Waals surface area contributed by atoms with Gasteiger partial charge in [0.1, 0.15) is 0 Å². The monoisotopic (exact) mass is 281 g/mol. The molecule has 110 valence electrons. The first-order valence-corrected chi connectivity index (χ1v) is 6.69. The van der Waals surface area contributed by atoms with Crippen LogP contribution >= 0.6 is 0 Å². The minimum absolute atomic E-state index is 0.0598. The van der Waals surface area contributed by atoms with Crippen molar-refractivity contribution in [3.05, 3.63) is 11.9 Å². The number of nitrogens with zero attached hydrogens (tertiary/aromatic N) is 3. The van der Waals surface area contributed by atoms with Crippen molar-refractivity contribution in [1.29, 1.82) is 0 Å². The number of carboxylic acid groups (broad SMARTS) is 1. The van der Waals surface area contributed by atoms with E-state index < -0.39 is 11.5 Å². The molecule has 0 bridgehead atoms. The minimum atomic E-state index is -0.904. The minimum Gasteiger partial charge on any atom is -0.481 e. The first-order valence-electron chi connectivity index (χ1n) is 6.69. The van der Waals surface area contributed by atoms with E-state index in [1.54, 1.807) is 0 Å². The molecule has 0 radical (unpaired) electrons. The first-order chi connectivity index (χ1) is 9.54. The van der Waals surface area contributed by atoms with Gasteiger partial charge in [0.05, 0.1) is 24.7 Å². The molecule has 4 N–H and O–H groups in total. The Morgan fingerprint density at radius 2 is 2.15 bits per heavy atom. The van der Waals surface area contributed by atoms with E-state index in [0.29, 0.717) is 25.9 Å². The number of nitrogens with two attached hydrogens (primary N) is 1. The molecule has 8 heteroatoms. The SMILES string of the molecule is NCCn1cc(C(=O)NC2(CC(=O)O)CCCC2)nn1. The second-order valence-corrected chi connectivity index (χ2v) is 5.17. The third kappa shape index (κ3) is 3.32. The third-order valence-electron chi connectivity index (χ3n) is 3.56. The molecule has 2 rings (SSSR count). The molecule has 1 amide bonds. The van der Waals surface area contributed by atoms with Gasteiger partial charge in [0, 0.05) is 6.54 Å². The molecule has 8 nitrogen and oxygen atoms in total. The zero-order chi connectivity index (χ0) is 14.6. The lowest BCUT2D eigenvalue weighted by molar-refractivity contribution is -0.138. The van der Waals surface area contributed by atoms with E-state index in [4.69, 9.17) is 10.8 Å². The summed E-state index contributed by atoms with van der Waals surface area (Å²) in [6.45, 7) is 0.897. The van der Waals surface area contributed by atoms with Crippen molar-refractivity contribution in [3.8, 4) is 0 Å². The fraction of sp³-hybridized carbons (Fsp3) is 0.667. The maximum atomic E-state index is 12.2. The highest BCUT2D eigenvalue weighted by molar-refractivity contribution is 5.92. The van der Waals surface area contributed by atoms with Crippen LogP contribution < -0.4 is 11.1 Å². The summed E-state index contributed by atoms with van der Waals surface area (Å²) < 4.78 is 1.49. The molecule has 1 aromatic rings. The molecule has 1 heterocycles. The molecule has 20 heavy (non-hydrogen) atoms. The lowest BCUT2D eigenvalue weighted by Gasteiger charge is -2.28. The highest BCUT2D eigenvalue weighted by atomic mass is 16.4. The number of amides is 1. The molecule has 1 aliphatic carbocycles. The summed E-state index contributed by atoms with van der Waals surface area (Å²) >= 11 is 0. The highest BCUT2D eigenvalue weighted by Crippen LogP contribution is 2.32. The van der Waals surface area contributed by atoms with E-state index in [-0.39, 0.29) is 18.0 Å². The van der Waals surface area contributed by atoms with Crippen LogP contribution in [-0.2, 0) is 11.3 Å². The molecular formula is C12H19N5O3. The van der Waals surface area contributed by atoms with E-state index in [9.17, 15) is 9.59 Å². The molecule has 0 saturated heterocycles. The molecule has 1 fully saturated rings. The van der Waals surface area contributed by atoms with Crippen LogP contribution in [0.5, 0.6) is 0 Å². The van der Waals surface area contributed by atoms with Crippen LogP contribution in [-0.4, -0.2) is 44.1 Å². The van der Waals surface area contributed by atoms with Crippen LogP contribution in [0.4, 0.5) is 0 Å². The zero-order valence-electron chi connectivity index (χ0n) is 11.2. The quantitative estimate of drug-likeness (QED) is 0.661. The molecular weight excluding hydrogens is 262 g/mol. The number of aromatic nitrogens is 3. The predicted molar refractivity (Wildman–Crippen MR) is 70.0 cm³/mol. The second-order valence-electron chi connectivity index (χ2n) is 5.17. The third-order valence-corrected chi connectivity index (χ3v) is 3.56. The van der Waals surface area contributed by atoms with Gasteiger partial charge in [-0.15, -0.1) is 5.10 Å². The molecule has 0 aromatic carbocycles. The number of carbonyl (C=O) groups excluding carboxylic acids is 1. The number of rotatable bonds is 6. The van der Waals surface area contributed by atoms with Crippen molar-refractivity contribution in [2.45, 2.75) is 44.2 Å². The number of nitrogens with one attached hydrogen (secondary N) is 1. The summed E-state index contributed by atoms with van der Waals surface area (Å²) in [6, 6.07) is 0. The number of hydrogen-bond donors (Lipinski definition) is 3. The number of carbonyl (C=O) groups is 2. The summed E-state index contributed by atoms with van der Waals surface area (Å²) in [4.78, 5) is 23.1. The summed E-state index contributed by atoms with van der Waals surface area (Å²) in [5, 5.41) is 19.4. The average Bonchev–Trinajstić information content (AvgIpc) is 2.98. The number of hydrogen-bond acceptors (Lipinski definition) is 5. The Kier molecular flexibility index (Phi) is 4.33. The normalized spacial score (nSPS) is 17.1. The average molecular weight is 281 g/mol. The molecule has 0 aliphatic heterocycles. The molecule has 0 atom stereocenters. The van der Waals surface area contributed by atoms with E-state index in [1.807, 2.05) is 0 Å². The Balaban J connectivity index is 2.05. The molecule has 0 unspecified atom stereocenters. The fourth-order valence-electron chi connectivity index (χ4n) is 2.64. The number of aliphatic carboxylic acids is 1. The molecule has 1 aromatic heterocycles. The van der Waals surface area contributed by atoms with Gasteiger partial charge < -0.3 is 16.2 Å². The molecule has 0 spiro atoms. The Morgan fingerprint density at radius 3 is 2.75 bits per heavy atom. The van der Waals surface area contributed by atoms with Crippen LogP contribution in [0.1, 0.15) is 42.6 Å². The van der Waals surface area contributed by atoms with Crippen molar-refractivity contribution >= 4 is 11.9 Å². The predicted octanol–water partition coefficient (Wildman–Crippen LogP) is -0.246. The van der Waals surface area contributed by atoms with E-state index >= 15 is 0 Å². The Morgan fingerprint density at radius 1 is 1.45 bits per heavy atom. The highest BCUT2D eigenvalue weighted by Gasteiger charge is 2.38. The van der Waals surface area contributed by atoms with Gasteiger partial charge in [-0.2, -0.15) is 0 Å². The van der Waals surface area contributed by atoms with Crippen LogP contribution in [0.3, 0.4) is 0 Å². The summed E-state index contributed by atoms with van der Waals surface area (Å²) in [5.41, 5.74) is 4.94. The van der Waals surface area contributed by atoms with Crippen molar-refractivity contribution in [1.82, 2.24) is 20.3 Å². The lowest BCUT2D eigenvalue weighted by atomic mass is 9.93. The van der Waals surface area contributed by atoms with Gasteiger partial charge in [0.15, 0.2) is 5.69 Å². The summed E-state index contributed by atoms with van der Waals surface area (Å²) in [6.07, 6.45) is 4.67. The van der Waals surface area contributed by atoms with E-state index in [0.717, 1.165) is 12.8 Å².